The van der Waals surface area contributed by atoms with Crippen molar-refractivity contribution in [2.24, 2.45) is 0 Å². The van der Waals surface area contributed by atoms with Crippen LogP contribution in [-0.4, -0.2) is 48.8 Å². The molecule has 1 aromatic heterocycles. The van der Waals surface area contributed by atoms with Gasteiger partial charge in [0.25, 0.3) is 0 Å². The topological polar surface area (TPSA) is 37.7 Å². The number of hydrogen-bond acceptors (Lipinski definition) is 4. The molecule has 5 heteroatoms. The van der Waals surface area contributed by atoms with Crippen LogP contribution in [0.5, 0.6) is 0 Å². The minimum atomic E-state index is -0.355. The number of rotatable bonds is 3. The molecule has 0 aliphatic carbocycles. The van der Waals surface area contributed by atoms with E-state index >= 15 is 0 Å². The predicted molar refractivity (Wildman–Crippen MR) is 104 cm³/mol. The first kappa shape index (κ1) is 16.7. The number of carbonyl (C=O) groups excluding carboxylic acids is 1. The Hall–Kier alpha value is -2.79. The Balaban J connectivity index is 1.47. The van der Waals surface area contributed by atoms with Crippen LogP contribution in [0.2, 0.25) is 0 Å². The molecule has 0 bridgehead atoms. The number of fused-ring (bicyclic) bond motifs is 1. The summed E-state index contributed by atoms with van der Waals surface area (Å²) in [5.41, 5.74) is 2.19. The summed E-state index contributed by atoms with van der Waals surface area (Å²) in [5.74, 6) is 0. The molecule has 2 heterocycles. The molecule has 0 unspecified atom stereocenters. The number of nitrogens with zero attached hydrogens (tertiary/aromatic N) is 3. The zero-order chi connectivity index (χ0) is 17.9. The number of carbonyl (C=O) groups is 1. The molecule has 2 aromatic carbocycles. The first-order valence-electron chi connectivity index (χ1n) is 8.95. The van der Waals surface area contributed by atoms with E-state index in [0.29, 0.717) is 0 Å². The SMILES string of the molecule is CN1CCN(c2ccc3cn(C(=O)OCc4ccccc4)cc3c2)CC1. The Kier molecular flexibility index (Phi) is 4.63. The number of aromatic nitrogens is 1. The third-order valence-electron chi connectivity index (χ3n) is 4.91. The molecule has 0 radical (unpaired) electrons. The summed E-state index contributed by atoms with van der Waals surface area (Å²) in [6.07, 6.45) is 3.32. The van der Waals surface area contributed by atoms with Crippen LogP contribution in [-0.2, 0) is 11.3 Å². The number of hydrogen-bond donors (Lipinski definition) is 0. The molecule has 0 atom stereocenters. The van der Waals surface area contributed by atoms with Crippen molar-refractivity contribution in [1.82, 2.24) is 9.47 Å². The van der Waals surface area contributed by atoms with Gasteiger partial charge >= 0.3 is 6.09 Å². The molecule has 0 amide bonds. The molecule has 1 saturated heterocycles. The van der Waals surface area contributed by atoms with Crippen molar-refractivity contribution in [2.45, 2.75) is 6.61 Å². The number of likely N-dealkylation sites (N-methyl/N-ethyl adjacent to an activating group) is 1. The van der Waals surface area contributed by atoms with Crippen molar-refractivity contribution in [3.05, 3.63) is 66.5 Å². The quantitative estimate of drug-likeness (QED) is 0.724. The molecule has 1 fully saturated rings. The summed E-state index contributed by atoms with van der Waals surface area (Å²) < 4.78 is 6.94. The largest absolute Gasteiger partial charge is 0.444 e. The van der Waals surface area contributed by atoms with Gasteiger partial charge in [-0.1, -0.05) is 36.4 Å². The van der Waals surface area contributed by atoms with E-state index in [2.05, 4.69) is 35.0 Å². The maximum absolute atomic E-state index is 12.3. The van der Waals surface area contributed by atoms with Crippen LogP contribution in [0.4, 0.5) is 10.5 Å². The molecular weight excluding hydrogens is 326 g/mol. The lowest BCUT2D eigenvalue weighted by Crippen LogP contribution is -2.44. The van der Waals surface area contributed by atoms with Crippen molar-refractivity contribution < 1.29 is 9.53 Å². The van der Waals surface area contributed by atoms with Crippen LogP contribution >= 0.6 is 0 Å². The van der Waals surface area contributed by atoms with E-state index in [9.17, 15) is 4.79 Å². The van der Waals surface area contributed by atoms with E-state index in [4.69, 9.17) is 4.74 Å². The van der Waals surface area contributed by atoms with Gasteiger partial charge in [0.2, 0.25) is 0 Å². The molecule has 0 spiro atoms. The van der Waals surface area contributed by atoms with Crippen LogP contribution in [0.3, 0.4) is 0 Å². The molecular formula is C21H23N3O2. The van der Waals surface area contributed by atoms with E-state index in [1.54, 1.807) is 0 Å². The summed E-state index contributed by atoms with van der Waals surface area (Å²) in [7, 11) is 2.15. The Labute approximate surface area is 153 Å². The zero-order valence-corrected chi connectivity index (χ0v) is 15.0. The summed E-state index contributed by atoms with van der Waals surface area (Å²) in [6, 6.07) is 16.1. The number of benzene rings is 2. The van der Waals surface area contributed by atoms with E-state index in [0.717, 1.165) is 42.5 Å². The van der Waals surface area contributed by atoms with Crippen LogP contribution < -0.4 is 4.90 Å². The Morgan fingerprint density at radius 3 is 2.46 bits per heavy atom. The molecule has 3 aromatic rings. The fraction of sp³-hybridized carbons (Fsp3) is 0.286. The van der Waals surface area contributed by atoms with Crippen molar-refractivity contribution in [2.75, 3.05) is 38.1 Å². The lowest BCUT2D eigenvalue weighted by atomic mass is 10.2. The van der Waals surface area contributed by atoms with Gasteiger partial charge in [-0.3, -0.25) is 4.57 Å². The lowest BCUT2D eigenvalue weighted by molar-refractivity contribution is 0.141. The lowest BCUT2D eigenvalue weighted by Gasteiger charge is -2.34. The average molecular weight is 349 g/mol. The second-order valence-corrected chi connectivity index (χ2v) is 6.81. The minimum absolute atomic E-state index is 0.279. The molecule has 5 nitrogen and oxygen atoms in total. The third kappa shape index (κ3) is 3.58. The zero-order valence-electron chi connectivity index (χ0n) is 15.0. The minimum Gasteiger partial charge on any atom is -0.444 e. The highest BCUT2D eigenvalue weighted by molar-refractivity contribution is 5.89. The molecule has 1 aliphatic rings. The smallest absolute Gasteiger partial charge is 0.418 e. The molecule has 4 rings (SSSR count). The summed E-state index contributed by atoms with van der Waals surface area (Å²) in [6.45, 7) is 4.49. The second-order valence-electron chi connectivity index (χ2n) is 6.81. The van der Waals surface area contributed by atoms with E-state index in [1.165, 1.54) is 10.3 Å². The second kappa shape index (κ2) is 7.22. The maximum Gasteiger partial charge on any atom is 0.418 e. The van der Waals surface area contributed by atoms with Crippen LogP contribution in [0.15, 0.2) is 60.9 Å². The summed E-state index contributed by atoms with van der Waals surface area (Å²) in [5, 5.41) is 2.10. The number of anilines is 1. The number of piperazine rings is 1. The third-order valence-corrected chi connectivity index (χ3v) is 4.91. The van der Waals surface area contributed by atoms with Gasteiger partial charge in [-0.05, 0) is 24.7 Å². The van der Waals surface area contributed by atoms with Gasteiger partial charge in [0.1, 0.15) is 6.61 Å². The first-order chi connectivity index (χ1) is 12.7. The van der Waals surface area contributed by atoms with E-state index < -0.39 is 0 Å². The highest BCUT2D eigenvalue weighted by atomic mass is 16.5. The fourth-order valence-corrected chi connectivity index (χ4v) is 3.29. The highest BCUT2D eigenvalue weighted by Crippen LogP contribution is 2.24. The molecule has 0 N–H and O–H groups in total. The molecule has 0 saturated carbocycles. The summed E-state index contributed by atoms with van der Waals surface area (Å²) >= 11 is 0. The average Bonchev–Trinajstić information content (AvgIpc) is 3.11. The van der Waals surface area contributed by atoms with Gasteiger partial charge in [0.15, 0.2) is 0 Å². The van der Waals surface area contributed by atoms with E-state index in [-0.39, 0.29) is 12.7 Å². The molecule has 134 valence electrons. The summed E-state index contributed by atoms with van der Waals surface area (Å²) in [4.78, 5) is 17.1. The molecule has 26 heavy (non-hydrogen) atoms. The molecule has 1 aliphatic heterocycles. The van der Waals surface area contributed by atoms with Crippen molar-refractivity contribution >= 4 is 22.6 Å². The number of ether oxygens (including phenoxy) is 1. The van der Waals surface area contributed by atoms with Crippen molar-refractivity contribution in [3.8, 4) is 0 Å². The van der Waals surface area contributed by atoms with Gasteiger partial charge in [0, 0.05) is 55.0 Å². The van der Waals surface area contributed by atoms with Gasteiger partial charge in [-0.15, -0.1) is 0 Å². The first-order valence-corrected chi connectivity index (χ1v) is 8.95. The van der Waals surface area contributed by atoms with Gasteiger partial charge in [-0.25, -0.2) is 4.79 Å². The van der Waals surface area contributed by atoms with Crippen LogP contribution in [0.1, 0.15) is 5.56 Å². The van der Waals surface area contributed by atoms with Crippen LogP contribution in [0.25, 0.3) is 10.8 Å². The van der Waals surface area contributed by atoms with Crippen molar-refractivity contribution in [1.29, 1.82) is 0 Å². The predicted octanol–water partition coefficient (Wildman–Crippen LogP) is 3.58. The fourth-order valence-electron chi connectivity index (χ4n) is 3.29. The van der Waals surface area contributed by atoms with Crippen LogP contribution in [0, 0.1) is 0 Å². The monoisotopic (exact) mass is 349 g/mol. The Morgan fingerprint density at radius 2 is 1.69 bits per heavy atom. The Bertz CT molecular complexity index is 896. The van der Waals surface area contributed by atoms with E-state index in [1.807, 2.05) is 42.7 Å². The van der Waals surface area contributed by atoms with Crippen molar-refractivity contribution in [3.63, 3.8) is 0 Å². The van der Waals surface area contributed by atoms with Gasteiger partial charge in [-0.2, -0.15) is 0 Å². The standard InChI is InChI=1S/C21H23N3O2/c1-22-9-11-23(12-10-22)20-8-7-18-14-24(15-19(18)13-20)21(25)26-16-17-5-3-2-4-6-17/h2-8,13-15H,9-12,16H2,1H3. The van der Waals surface area contributed by atoms with Gasteiger partial charge < -0.3 is 14.5 Å². The Morgan fingerprint density at radius 1 is 0.962 bits per heavy atom. The highest BCUT2D eigenvalue weighted by Gasteiger charge is 2.15. The normalized spacial score (nSPS) is 15.3. The van der Waals surface area contributed by atoms with Gasteiger partial charge in [0.05, 0.1) is 0 Å². The maximum atomic E-state index is 12.3.